The summed E-state index contributed by atoms with van der Waals surface area (Å²) in [7, 11) is 0. The van der Waals surface area contributed by atoms with Crippen molar-refractivity contribution >= 4 is 11.9 Å². The van der Waals surface area contributed by atoms with Crippen LogP contribution < -0.4 is 0 Å². The number of hydrogen-bond donors (Lipinski definition) is 1. The highest BCUT2D eigenvalue weighted by atomic mass is 16.4. The summed E-state index contributed by atoms with van der Waals surface area (Å²) in [5.74, 6) is -1.41. The van der Waals surface area contributed by atoms with Gasteiger partial charge < -0.3 is 10.0 Å². The van der Waals surface area contributed by atoms with Crippen molar-refractivity contribution in [3.05, 3.63) is 22.8 Å². The average molecular weight is 265 g/mol. The molecule has 1 aromatic rings. The van der Waals surface area contributed by atoms with Gasteiger partial charge in [0, 0.05) is 6.54 Å². The molecular formula is C13H19N3O3. The summed E-state index contributed by atoms with van der Waals surface area (Å²) < 4.78 is 0. The van der Waals surface area contributed by atoms with Gasteiger partial charge in [0.2, 0.25) is 0 Å². The standard InChI is InChI=1S/C13H19N3O3/c1-5-6-16(7-11(17)18)13(19)12-10(4)14-8(2)9(3)15-12/h5-7H2,1-4H3,(H,17,18). The molecule has 0 saturated carbocycles. The normalized spacial score (nSPS) is 10.3. The number of carboxylic acid groups (broad SMARTS) is 1. The Kier molecular flexibility index (Phi) is 4.97. The van der Waals surface area contributed by atoms with E-state index in [0.717, 1.165) is 5.69 Å². The van der Waals surface area contributed by atoms with Crippen molar-refractivity contribution in [3.8, 4) is 0 Å². The van der Waals surface area contributed by atoms with Crippen LogP contribution in [-0.2, 0) is 4.79 Å². The van der Waals surface area contributed by atoms with Crippen LogP contribution in [-0.4, -0.2) is 44.9 Å². The van der Waals surface area contributed by atoms with Gasteiger partial charge in [-0.1, -0.05) is 6.92 Å². The topological polar surface area (TPSA) is 83.4 Å². The highest BCUT2D eigenvalue weighted by molar-refractivity contribution is 5.95. The van der Waals surface area contributed by atoms with Gasteiger partial charge in [0.1, 0.15) is 12.2 Å². The molecule has 0 aliphatic heterocycles. The van der Waals surface area contributed by atoms with Gasteiger partial charge in [-0.2, -0.15) is 0 Å². The largest absolute Gasteiger partial charge is 0.480 e. The molecular weight excluding hydrogens is 246 g/mol. The second-order valence-corrected chi connectivity index (χ2v) is 4.45. The lowest BCUT2D eigenvalue weighted by atomic mass is 10.2. The van der Waals surface area contributed by atoms with E-state index in [4.69, 9.17) is 5.11 Å². The molecule has 0 radical (unpaired) electrons. The van der Waals surface area contributed by atoms with Crippen molar-refractivity contribution in [2.75, 3.05) is 13.1 Å². The number of amides is 1. The molecule has 0 spiro atoms. The highest BCUT2D eigenvalue weighted by Gasteiger charge is 2.22. The minimum atomic E-state index is -1.03. The zero-order chi connectivity index (χ0) is 14.6. The van der Waals surface area contributed by atoms with Gasteiger partial charge in [-0.05, 0) is 27.2 Å². The Morgan fingerprint density at radius 2 is 1.68 bits per heavy atom. The number of aryl methyl sites for hydroxylation is 3. The van der Waals surface area contributed by atoms with Crippen LogP contribution in [0.4, 0.5) is 0 Å². The average Bonchev–Trinajstić information content (AvgIpc) is 2.32. The predicted octanol–water partition coefficient (Wildman–Crippen LogP) is 1.34. The first-order chi connectivity index (χ1) is 8.86. The Hall–Kier alpha value is -1.98. The Labute approximate surface area is 112 Å². The second-order valence-electron chi connectivity index (χ2n) is 4.45. The summed E-state index contributed by atoms with van der Waals surface area (Å²) in [6.45, 7) is 7.27. The van der Waals surface area contributed by atoms with Crippen LogP contribution >= 0.6 is 0 Å². The monoisotopic (exact) mass is 265 g/mol. The first-order valence-corrected chi connectivity index (χ1v) is 6.19. The molecule has 0 unspecified atom stereocenters. The van der Waals surface area contributed by atoms with Crippen molar-refractivity contribution in [2.45, 2.75) is 34.1 Å². The van der Waals surface area contributed by atoms with Crippen molar-refractivity contribution < 1.29 is 14.7 Å². The van der Waals surface area contributed by atoms with Crippen LogP contribution in [0.2, 0.25) is 0 Å². The van der Waals surface area contributed by atoms with E-state index in [-0.39, 0.29) is 18.1 Å². The lowest BCUT2D eigenvalue weighted by molar-refractivity contribution is -0.137. The summed E-state index contributed by atoms with van der Waals surface area (Å²) in [6, 6.07) is 0. The van der Waals surface area contributed by atoms with Gasteiger partial charge in [0.15, 0.2) is 0 Å². The van der Waals surface area contributed by atoms with Gasteiger partial charge in [0.05, 0.1) is 17.1 Å². The number of rotatable bonds is 5. The van der Waals surface area contributed by atoms with Gasteiger partial charge in [-0.3, -0.25) is 14.6 Å². The molecule has 1 rings (SSSR count). The van der Waals surface area contributed by atoms with E-state index >= 15 is 0 Å². The quantitative estimate of drug-likeness (QED) is 0.868. The number of aromatic nitrogens is 2. The zero-order valence-corrected chi connectivity index (χ0v) is 11.7. The van der Waals surface area contributed by atoms with Crippen LogP contribution in [0.3, 0.4) is 0 Å². The molecule has 0 bridgehead atoms. The molecule has 19 heavy (non-hydrogen) atoms. The maximum absolute atomic E-state index is 12.3. The van der Waals surface area contributed by atoms with E-state index in [9.17, 15) is 9.59 Å². The van der Waals surface area contributed by atoms with Crippen LogP contribution in [0.5, 0.6) is 0 Å². The predicted molar refractivity (Wildman–Crippen MR) is 70.1 cm³/mol. The Balaban J connectivity index is 3.08. The molecule has 6 nitrogen and oxygen atoms in total. The Morgan fingerprint density at radius 1 is 1.11 bits per heavy atom. The van der Waals surface area contributed by atoms with Gasteiger partial charge in [0.25, 0.3) is 5.91 Å². The third-order valence-electron chi connectivity index (χ3n) is 2.79. The molecule has 0 fully saturated rings. The lowest BCUT2D eigenvalue weighted by Crippen LogP contribution is -2.37. The molecule has 1 amide bonds. The number of aliphatic carboxylic acids is 1. The van der Waals surface area contributed by atoms with Gasteiger partial charge >= 0.3 is 5.97 Å². The highest BCUT2D eigenvalue weighted by Crippen LogP contribution is 2.10. The second kappa shape index (κ2) is 6.26. The van der Waals surface area contributed by atoms with E-state index in [1.165, 1.54) is 4.90 Å². The van der Waals surface area contributed by atoms with E-state index in [1.54, 1.807) is 13.8 Å². The third kappa shape index (κ3) is 3.74. The maximum Gasteiger partial charge on any atom is 0.323 e. The SMILES string of the molecule is CCCN(CC(=O)O)C(=O)c1nc(C)c(C)nc1C. The fourth-order valence-corrected chi connectivity index (χ4v) is 1.75. The van der Waals surface area contributed by atoms with Crippen molar-refractivity contribution in [2.24, 2.45) is 0 Å². The number of carbonyl (C=O) groups excluding carboxylic acids is 1. The fraction of sp³-hybridized carbons (Fsp3) is 0.538. The van der Waals surface area contributed by atoms with Crippen molar-refractivity contribution in [1.29, 1.82) is 0 Å². The van der Waals surface area contributed by atoms with Crippen LogP contribution in [0.25, 0.3) is 0 Å². The Morgan fingerprint density at radius 3 is 2.21 bits per heavy atom. The number of nitrogens with zero attached hydrogens (tertiary/aromatic N) is 3. The van der Waals surface area contributed by atoms with Crippen molar-refractivity contribution in [3.63, 3.8) is 0 Å². The Bertz CT molecular complexity index is 500. The van der Waals surface area contributed by atoms with E-state index in [1.807, 2.05) is 13.8 Å². The van der Waals surface area contributed by atoms with Crippen LogP contribution in [0, 0.1) is 20.8 Å². The van der Waals surface area contributed by atoms with Crippen LogP contribution in [0.1, 0.15) is 40.9 Å². The van der Waals surface area contributed by atoms with E-state index < -0.39 is 5.97 Å². The molecule has 0 aliphatic rings. The summed E-state index contributed by atoms with van der Waals surface area (Å²) in [5, 5.41) is 8.84. The maximum atomic E-state index is 12.3. The molecule has 1 heterocycles. The van der Waals surface area contributed by atoms with Gasteiger partial charge in [-0.15, -0.1) is 0 Å². The van der Waals surface area contributed by atoms with Gasteiger partial charge in [-0.25, -0.2) is 4.98 Å². The summed E-state index contributed by atoms with van der Waals surface area (Å²) in [5.41, 5.74) is 2.22. The first kappa shape index (κ1) is 15.1. The molecule has 6 heteroatoms. The molecule has 0 saturated heterocycles. The molecule has 104 valence electrons. The summed E-state index contributed by atoms with van der Waals surface area (Å²) >= 11 is 0. The molecule has 0 atom stereocenters. The molecule has 1 N–H and O–H groups in total. The summed E-state index contributed by atoms with van der Waals surface area (Å²) in [4.78, 5) is 32.9. The minimum absolute atomic E-state index is 0.234. The molecule has 0 aliphatic carbocycles. The zero-order valence-electron chi connectivity index (χ0n) is 11.7. The lowest BCUT2D eigenvalue weighted by Gasteiger charge is -2.20. The van der Waals surface area contributed by atoms with E-state index in [0.29, 0.717) is 24.4 Å². The number of carboxylic acids is 1. The van der Waals surface area contributed by atoms with Crippen LogP contribution in [0.15, 0.2) is 0 Å². The minimum Gasteiger partial charge on any atom is -0.480 e. The molecule has 1 aromatic heterocycles. The van der Waals surface area contributed by atoms with Crippen molar-refractivity contribution in [1.82, 2.24) is 14.9 Å². The smallest absolute Gasteiger partial charge is 0.323 e. The fourth-order valence-electron chi connectivity index (χ4n) is 1.75. The molecule has 0 aromatic carbocycles. The number of carbonyl (C=O) groups is 2. The first-order valence-electron chi connectivity index (χ1n) is 6.19. The number of hydrogen-bond acceptors (Lipinski definition) is 4. The summed E-state index contributed by atoms with van der Waals surface area (Å²) in [6.07, 6.45) is 0.691. The third-order valence-corrected chi connectivity index (χ3v) is 2.79. The van der Waals surface area contributed by atoms with E-state index in [2.05, 4.69) is 9.97 Å².